The summed E-state index contributed by atoms with van der Waals surface area (Å²) >= 11 is 0. The third-order valence-corrected chi connectivity index (χ3v) is 2.83. The van der Waals surface area contributed by atoms with Gasteiger partial charge in [-0.15, -0.1) is 0 Å². The summed E-state index contributed by atoms with van der Waals surface area (Å²) in [5, 5.41) is 9.10. The lowest BCUT2D eigenvalue weighted by atomic mass is 10.4. The van der Waals surface area contributed by atoms with Crippen LogP contribution in [-0.2, 0) is 4.79 Å². The Morgan fingerprint density at radius 3 is 2.68 bits per heavy atom. The van der Waals surface area contributed by atoms with E-state index in [2.05, 4.69) is 30.9 Å². The highest BCUT2D eigenvalue weighted by Crippen LogP contribution is 2.15. The van der Waals surface area contributed by atoms with Gasteiger partial charge in [-0.2, -0.15) is 0 Å². The van der Waals surface area contributed by atoms with E-state index in [1.165, 1.54) is 0 Å². The van der Waals surface area contributed by atoms with Crippen LogP contribution >= 0.6 is 0 Å². The van der Waals surface area contributed by atoms with Crippen molar-refractivity contribution in [3.8, 4) is 0 Å². The topological polar surface area (TPSA) is 91.8 Å². The van der Waals surface area contributed by atoms with E-state index in [1.54, 1.807) is 6.20 Å². The standard InChI is InChI=1S/C15H20N6O/c1-3-15(22)18-9-8-17-13-10-14(20-11(2)19-13)21-12-6-4-5-7-16-12/h4-7,10H,3,8-9H2,1-2H3,(H,18,22)(H2,16,17,19,20,21). The van der Waals surface area contributed by atoms with Crippen LogP contribution in [-0.4, -0.2) is 33.9 Å². The number of pyridine rings is 1. The molecule has 0 aliphatic heterocycles. The lowest BCUT2D eigenvalue weighted by molar-refractivity contribution is -0.120. The van der Waals surface area contributed by atoms with Gasteiger partial charge in [0, 0.05) is 31.8 Å². The Bertz CT molecular complexity index is 617. The van der Waals surface area contributed by atoms with Gasteiger partial charge in [0.1, 0.15) is 23.3 Å². The Balaban J connectivity index is 1.93. The van der Waals surface area contributed by atoms with Gasteiger partial charge in [-0.1, -0.05) is 13.0 Å². The number of amides is 1. The zero-order valence-electron chi connectivity index (χ0n) is 12.8. The van der Waals surface area contributed by atoms with Gasteiger partial charge < -0.3 is 16.0 Å². The highest BCUT2D eigenvalue weighted by molar-refractivity contribution is 5.75. The van der Waals surface area contributed by atoms with Gasteiger partial charge in [-0.05, 0) is 19.1 Å². The zero-order valence-corrected chi connectivity index (χ0v) is 12.8. The summed E-state index contributed by atoms with van der Waals surface area (Å²) < 4.78 is 0. The van der Waals surface area contributed by atoms with Crippen molar-refractivity contribution < 1.29 is 4.79 Å². The van der Waals surface area contributed by atoms with E-state index in [0.717, 1.165) is 5.82 Å². The van der Waals surface area contributed by atoms with Crippen LogP contribution in [0.4, 0.5) is 17.5 Å². The number of rotatable bonds is 7. The first-order valence-electron chi connectivity index (χ1n) is 7.21. The number of nitrogens with one attached hydrogen (secondary N) is 3. The van der Waals surface area contributed by atoms with Crippen LogP contribution in [0.15, 0.2) is 30.5 Å². The van der Waals surface area contributed by atoms with E-state index < -0.39 is 0 Å². The van der Waals surface area contributed by atoms with Crippen LogP contribution in [0.1, 0.15) is 19.2 Å². The van der Waals surface area contributed by atoms with Gasteiger partial charge in [-0.25, -0.2) is 15.0 Å². The van der Waals surface area contributed by atoms with Crippen molar-refractivity contribution >= 4 is 23.4 Å². The van der Waals surface area contributed by atoms with Crippen molar-refractivity contribution in [3.05, 3.63) is 36.3 Å². The molecule has 0 spiro atoms. The predicted molar refractivity (Wildman–Crippen MR) is 86.1 cm³/mol. The summed E-state index contributed by atoms with van der Waals surface area (Å²) in [5.74, 6) is 2.80. The van der Waals surface area contributed by atoms with Crippen molar-refractivity contribution in [2.45, 2.75) is 20.3 Å². The molecule has 0 atom stereocenters. The number of aryl methyl sites for hydroxylation is 1. The number of hydrogen-bond donors (Lipinski definition) is 3. The molecule has 0 aliphatic rings. The van der Waals surface area contributed by atoms with Crippen molar-refractivity contribution in [1.29, 1.82) is 0 Å². The first kappa shape index (κ1) is 15.7. The number of aromatic nitrogens is 3. The number of hydrogen-bond acceptors (Lipinski definition) is 6. The summed E-state index contributed by atoms with van der Waals surface area (Å²) in [4.78, 5) is 24.0. The molecule has 0 unspecified atom stereocenters. The van der Waals surface area contributed by atoms with Crippen molar-refractivity contribution in [3.63, 3.8) is 0 Å². The minimum atomic E-state index is 0.0400. The summed E-state index contributed by atoms with van der Waals surface area (Å²) in [6, 6.07) is 7.43. The molecule has 0 aliphatic carbocycles. The molecule has 0 bridgehead atoms. The fraction of sp³-hybridized carbons (Fsp3) is 0.333. The fourth-order valence-electron chi connectivity index (χ4n) is 1.81. The van der Waals surface area contributed by atoms with Gasteiger partial charge in [0.25, 0.3) is 0 Å². The molecule has 2 rings (SSSR count). The molecule has 7 nitrogen and oxygen atoms in total. The smallest absolute Gasteiger partial charge is 0.219 e. The van der Waals surface area contributed by atoms with Crippen molar-refractivity contribution in [2.75, 3.05) is 23.7 Å². The number of nitrogens with zero attached hydrogens (tertiary/aromatic N) is 3. The maximum atomic E-state index is 11.2. The van der Waals surface area contributed by atoms with Crippen LogP contribution in [0.5, 0.6) is 0 Å². The molecule has 2 aromatic rings. The molecule has 1 amide bonds. The first-order valence-corrected chi connectivity index (χ1v) is 7.21. The monoisotopic (exact) mass is 300 g/mol. The zero-order chi connectivity index (χ0) is 15.8. The first-order chi connectivity index (χ1) is 10.7. The molecular formula is C15H20N6O. The summed E-state index contributed by atoms with van der Waals surface area (Å²) in [5.41, 5.74) is 0. The summed E-state index contributed by atoms with van der Waals surface area (Å²) in [6.45, 7) is 4.81. The maximum absolute atomic E-state index is 11.2. The van der Waals surface area contributed by atoms with Gasteiger partial charge in [0.2, 0.25) is 5.91 Å². The van der Waals surface area contributed by atoms with E-state index in [4.69, 9.17) is 0 Å². The summed E-state index contributed by atoms with van der Waals surface area (Å²) in [6.07, 6.45) is 2.21. The number of anilines is 3. The molecular weight excluding hydrogens is 280 g/mol. The van der Waals surface area contributed by atoms with E-state index >= 15 is 0 Å². The van der Waals surface area contributed by atoms with E-state index in [1.807, 2.05) is 38.1 Å². The van der Waals surface area contributed by atoms with Gasteiger partial charge in [-0.3, -0.25) is 4.79 Å². The van der Waals surface area contributed by atoms with Gasteiger partial charge >= 0.3 is 0 Å². The maximum Gasteiger partial charge on any atom is 0.219 e. The highest BCUT2D eigenvalue weighted by atomic mass is 16.1. The van der Waals surface area contributed by atoms with Crippen LogP contribution in [0.2, 0.25) is 0 Å². The molecule has 0 aromatic carbocycles. The van der Waals surface area contributed by atoms with Gasteiger partial charge in [0.05, 0.1) is 0 Å². The fourth-order valence-corrected chi connectivity index (χ4v) is 1.81. The van der Waals surface area contributed by atoms with Crippen LogP contribution in [0.25, 0.3) is 0 Å². The molecule has 0 fully saturated rings. The molecule has 0 saturated carbocycles. The second kappa shape index (κ2) is 7.92. The Morgan fingerprint density at radius 1 is 1.14 bits per heavy atom. The van der Waals surface area contributed by atoms with E-state index in [-0.39, 0.29) is 5.91 Å². The summed E-state index contributed by atoms with van der Waals surface area (Å²) in [7, 11) is 0. The number of carbonyl (C=O) groups is 1. The molecule has 116 valence electrons. The molecule has 2 aromatic heterocycles. The Hall–Kier alpha value is -2.70. The van der Waals surface area contributed by atoms with Crippen molar-refractivity contribution in [2.24, 2.45) is 0 Å². The largest absolute Gasteiger partial charge is 0.368 e. The SMILES string of the molecule is CCC(=O)NCCNc1cc(Nc2ccccn2)nc(C)n1. The minimum Gasteiger partial charge on any atom is -0.368 e. The Kier molecular flexibility index (Phi) is 5.65. The second-order valence-electron chi connectivity index (χ2n) is 4.66. The van der Waals surface area contributed by atoms with Crippen LogP contribution in [0, 0.1) is 6.92 Å². The third kappa shape index (κ3) is 5.01. The van der Waals surface area contributed by atoms with Crippen LogP contribution < -0.4 is 16.0 Å². The predicted octanol–water partition coefficient (Wildman–Crippen LogP) is 1.86. The van der Waals surface area contributed by atoms with E-state index in [0.29, 0.717) is 37.0 Å². The molecule has 0 radical (unpaired) electrons. The van der Waals surface area contributed by atoms with E-state index in [9.17, 15) is 4.79 Å². The Morgan fingerprint density at radius 2 is 1.95 bits per heavy atom. The van der Waals surface area contributed by atoms with Crippen molar-refractivity contribution in [1.82, 2.24) is 20.3 Å². The Labute approximate surface area is 129 Å². The molecule has 2 heterocycles. The molecule has 0 saturated heterocycles. The molecule has 7 heteroatoms. The lowest BCUT2D eigenvalue weighted by Gasteiger charge is -2.10. The normalized spacial score (nSPS) is 10.1. The third-order valence-electron chi connectivity index (χ3n) is 2.83. The molecule has 22 heavy (non-hydrogen) atoms. The lowest BCUT2D eigenvalue weighted by Crippen LogP contribution is -2.28. The average Bonchev–Trinajstić information content (AvgIpc) is 2.52. The molecule has 3 N–H and O–H groups in total. The number of carbonyl (C=O) groups excluding carboxylic acids is 1. The quantitative estimate of drug-likeness (QED) is 0.676. The average molecular weight is 300 g/mol. The highest BCUT2D eigenvalue weighted by Gasteiger charge is 2.03. The second-order valence-corrected chi connectivity index (χ2v) is 4.66. The van der Waals surface area contributed by atoms with Gasteiger partial charge in [0.15, 0.2) is 0 Å². The van der Waals surface area contributed by atoms with Crippen LogP contribution in [0.3, 0.4) is 0 Å². The minimum absolute atomic E-state index is 0.0400.